The van der Waals surface area contributed by atoms with E-state index in [2.05, 4.69) is 12.2 Å². The Kier molecular flexibility index (Phi) is 5.75. The van der Waals surface area contributed by atoms with Gasteiger partial charge >= 0.3 is 0 Å². The molecule has 2 aliphatic rings. The van der Waals surface area contributed by atoms with Crippen molar-refractivity contribution in [1.82, 2.24) is 0 Å². The van der Waals surface area contributed by atoms with Crippen LogP contribution in [0, 0.1) is 24.6 Å². The number of rotatable bonds is 6. The van der Waals surface area contributed by atoms with Gasteiger partial charge in [0.25, 0.3) is 0 Å². The van der Waals surface area contributed by atoms with Gasteiger partial charge in [-0.25, -0.2) is 4.39 Å². The van der Waals surface area contributed by atoms with Gasteiger partial charge < -0.3 is 4.74 Å². The maximum absolute atomic E-state index is 14.5. The normalized spacial score (nSPS) is 19.9. The van der Waals surface area contributed by atoms with Gasteiger partial charge in [-0.3, -0.25) is 0 Å². The topological polar surface area (TPSA) is 9.23 Å². The van der Waals surface area contributed by atoms with Crippen LogP contribution in [0.2, 0.25) is 0 Å². The minimum atomic E-state index is -0.172. The van der Waals surface area contributed by atoms with E-state index in [1.54, 1.807) is 0 Å². The summed E-state index contributed by atoms with van der Waals surface area (Å²) in [6.07, 6.45) is 15.8. The molecule has 0 amide bonds. The lowest BCUT2D eigenvalue weighted by molar-refractivity contribution is 0.241. The summed E-state index contributed by atoms with van der Waals surface area (Å²) in [5.74, 6) is 1.62. The molecule has 0 heterocycles. The Morgan fingerprint density at radius 1 is 1.09 bits per heavy atom. The van der Waals surface area contributed by atoms with Crippen molar-refractivity contribution in [1.29, 1.82) is 0 Å². The third kappa shape index (κ3) is 4.37. The Morgan fingerprint density at radius 2 is 1.78 bits per heavy atom. The predicted octanol–water partition coefficient (Wildman–Crippen LogP) is 5.99. The average Bonchev–Trinajstić information content (AvgIpc) is 3.24. The molecule has 0 saturated heterocycles. The van der Waals surface area contributed by atoms with Gasteiger partial charge in [-0.1, -0.05) is 43.9 Å². The van der Waals surface area contributed by atoms with E-state index in [1.165, 1.54) is 51.4 Å². The van der Waals surface area contributed by atoms with Crippen LogP contribution >= 0.6 is 0 Å². The summed E-state index contributed by atoms with van der Waals surface area (Å²) in [6, 6.07) is 3.84. The highest BCUT2D eigenvalue weighted by Crippen LogP contribution is 2.29. The minimum absolute atomic E-state index is 0.172. The Bertz CT molecular complexity index is 537. The molecule has 2 saturated carbocycles. The van der Waals surface area contributed by atoms with Gasteiger partial charge in [0.2, 0.25) is 0 Å². The molecule has 0 aromatic heterocycles. The van der Waals surface area contributed by atoms with Gasteiger partial charge in [0.15, 0.2) is 11.6 Å². The molecule has 0 spiro atoms. The van der Waals surface area contributed by atoms with Crippen LogP contribution in [0.1, 0.15) is 62.5 Å². The molecule has 0 N–H and O–H groups in total. The Morgan fingerprint density at radius 3 is 2.52 bits per heavy atom. The van der Waals surface area contributed by atoms with Crippen molar-refractivity contribution in [3.8, 4) is 5.75 Å². The number of halogens is 1. The lowest BCUT2D eigenvalue weighted by Crippen LogP contribution is -2.09. The number of benzene rings is 1. The Hall–Kier alpha value is -1.31. The highest BCUT2D eigenvalue weighted by molar-refractivity contribution is 5.38. The molecule has 126 valence electrons. The molecular weight excluding hydrogens is 287 g/mol. The number of ether oxygens (including phenoxy) is 1. The van der Waals surface area contributed by atoms with Crippen LogP contribution in [0.4, 0.5) is 4.39 Å². The van der Waals surface area contributed by atoms with E-state index in [0.29, 0.717) is 18.3 Å². The summed E-state index contributed by atoms with van der Waals surface area (Å²) in [5, 5.41) is 0. The molecule has 1 aromatic rings. The second kappa shape index (κ2) is 7.99. The van der Waals surface area contributed by atoms with Crippen LogP contribution in [0.3, 0.4) is 0 Å². The van der Waals surface area contributed by atoms with Crippen LogP contribution in [-0.4, -0.2) is 6.61 Å². The summed E-state index contributed by atoms with van der Waals surface area (Å²) in [5.41, 5.74) is 1.81. The van der Waals surface area contributed by atoms with Gasteiger partial charge in [0.1, 0.15) is 0 Å². The summed E-state index contributed by atoms with van der Waals surface area (Å²) >= 11 is 0. The van der Waals surface area contributed by atoms with Crippen LogP contribution in [0.25, 0.3) is 0 Å². The Balaban J connectivity index is 1.57. The largest absolute Gasteiger partial charge is 0.490 e. The zero-order valence-electron chi connectivity index (χ0n) is 14.3. The second-order valence-electron chi connectivity index (χ2n) is 7.30. The Labute approximate surface area is 139 Å². The van der Waals surface area contributed by atoms with Crippen molar-refractivity contribution < 1.29 is 9.13 Å². The van der Waals surface area contributed by atoms with Crippen molar-refractivity contribution in [3.05, 3.63) is 41.2 Å². The van der Waals surface area contributed by atoms with Crippen LogP contribution in [0.5, 0.6) is 5.75 Å². The van der Waals surface area contributed by atoms with Crippen molar-refractivity contribution in [3.63, 3.8) is 0 Å². The molecule has 0 bridgehead atoms. The van der Waals surface area contributed by atoms with Crippen LogP contribution in [0.15, 0.2) is 24.3 Å². The fourth-order valence-corrected chi connectivity index (χ4v) is 3.95. The highest BCUT2D eigenvalue weighted by atomic mass is 19.1. The first-order valence-electron chi connectivity index (χ1n) is 9.31. The SMILES string of the molecule is Cc1c(C/C=C/C2CCCC2)ccc(OCC2CCCC2)c1F. The molecule has 23 heavy (non-hydrogen) atoms. The lowest BCUT2D eigenvalue weighted by atomic mass is 10.0. The maximum atomic E-state index is 14.5. The van der Waals surface area contributed by atoms with E-state index in [0.717, 1.165) is 23.5 Å². The van der Waals surface area contributed by atoms with E-state index in [1.807, 2.05) is 19.1 Å². The molecule has 0 unspecified atom stereocenters. The summed E-state index contributed by atoms with van der Waals surface area (Å²) in [7, 11) is 0. The quantitative estimate of drug-likeness (QED) is 0.585. The molecule has 2 aliphatic carbocycles. The van der Waals surface area contributed by atoms with E-state index in [4.69, 9.17) is 4.74 Å². The van der Waals surface area contributed by atoms with Gasteiger partial charge in [-0.15, -0.1) is 0 Å². The fourth-order valence-electron chi connectivity index (χ4n) is 3.95. The zero-order chi connectivity index (χ0) is 16.1. The monoisotopic (exact) mass is 316 g/mol. The molecule has 0 atom stereocenters. The van der Waals surface area contributed by atoms with Gasteiger partial charge in [0, 0.05) is 0 Å². The summed E-state index contributed by atoms with van der Waals surface area (Å²) in [6.45, 7) is 2.54. The zero-order valence-corrected chi connectivity index (χ0v) is 14.3. The standard InChI is InChI=1S/C21H29FO/c1-16-19(12-6-11-17-7-2-3-8-17)13-14-20(21(16)22)23-15-18-9-4-5-10-18/h6,11,13-14,17-18H,2-5,7-10,12,15H2,1H3/b11-6+. The third-order valence-corrected chi connectivity index (χ3v) is 5.56. The molecule has 3 rings (SSSR count). The first-order valence-corrected chi connectivity index (χ1v) is 9.31. The number of allylic oxidation sites excluding steroid dienone is 2. The first kappa shape index (κ1) is 16.5. The van der Waals surface area contributed by atoms with E-state index in [-0.39, 0.29) is 5.82 Å². The molecule has 2 fully saturated rings. The van der Waals surface area contributed by atoms with Crippen molar-refractivity contribution in [2.75, 3.05) is 6.61 Å². The smallest absolute Gasteiger partial charge is 0.168 e. The third-order valence-electron chi connectivity index (χ3n) is 5.56. The fraction of sp³-hybridized carbons (Fsp3) is 0.619. The summed E-state index contributed by atoms with van der Waals surface area (Å²) < 4.78 is 20.3. The number of hydrogen-bond donors (Lipinski definition) is 0. The molecular formula is C21H29FO. The lowest BCUT2D eigenvalue weighted by Gasteiger charge is -2.14. The van der Waals surface area contributed by atoms with Crippen molar-refractivity contribution in [2.45, 2.75) is 64.7 Å². The molecule has 1 nitrogen and oxygen atoms in total. The van der Waals surface area contributed by atoms with Gasteiger partial charge in [0.05, 0.1) is 6.61 Å². The second-order valence-corrected chi connectivity index (χ2v) is 7.30. The molecule has 0 aliphatic heterocycles. The number of hydrogen-bond acceptors (Lipinski definition) is 1. The summed E-state index contributed by atoms with van der Waals surface area (Å²) in [4.78, 5) is 0. The average molecular weight is 316 g/mol. The maximum Gasteiger partial charge on any atom is 0.168 e. The van der Waals surface area contributed by atoms with E-state index in [9.17, 15) is 4.39 Å². The van der Waals surface area contributed by atoms with E-state index >= 15 is 0 Å². The molecule has 0 radical (unpaired) electrons. The first-order chi connectivity index (χ1) is 11.2. The predicted molar refractivity (Wildman–Crippen MR) is 93.4 cm³/mol. The van der Waals surface area contributed by atoms with Crippen molar-refractivity contribution >= 4 is 0 Å². The van der Waals surface area contributed by atoms with E-state index < -0.39 is 0 Å². The van der Waals surface area contributed by atoms with Crippen LogP contribution < -0.4 is 4.74 Å². The minimum Gasteiger partial charge on any atom is -0.490 e. The molecule has 2 heteroatoms. The van der Waals surface area contributed by atoms with Crippen molar-refractivity contribution in [2.24, 2.45) is 11.8 Å². The molecule has 1 aromatic carbocycles. The van der Waals surface area contributed by atoms with Gasteiger partial charge in [-0.05, 0) is 68.1 Å². The van der Waals surface area contributed by atoms with Crippen LogP contribution in [-0.2, 0) is 6.42 Å². The highest BCUT2D eigenvalue weighted by Gasteiger charge is 2.17. The van der Waals surface area contributed by atoms with Gasteiger partial charge in [-0.2, -0.15) is 0 Å².